The number of nitrogens with zero attached hydrogens (tertiary/aromatic N) is 4. The van der Waals surface area contributed by atoms with Gasteiger partial charge in [-0.25, -0.2) is 0 Å². The maximum absolute atomic E-state index is 11.8. The first-order valence-electron chi connectivity index (χ1n) is 13.4. The van der Waals surface area contributed by atoms with Gasteiger partial charge in [-0.2, -0.15) is 18.6 Å². The molecule has 44 heavy (non-hydrogen) atoms. The summed E-state index contributed by atoms with van der Waals surface area (Å²) in [5.74, 6) is -0.232. The third kappa shape index (κ3) is 5.95. The number of fused-ring (bicyclic) bond motifs is 2. The molecule has 0 aliphatic carbocycles. The van der Waals surface area contributed by atoms with Gasteiger partial charge in [0.05, 0.1) is 11.4 Å². The number of benzene rings is 6. The lowest BCUT2D eigenvalue weighted by Gasteiger charge is -2.09. The fourth-order valence-corrected chi connectivity index (χ4v) is 5.45. The number of phenols is 2. The Labute approximate surface area is 252 Å². The van der Waals surface area contributed by atoms with Crippen molar-refractivity contribution < 1.29 is 23.2 Å². The molecule has 0 fully saturated rings. The number of para-hydroxylation sites is 1. The van der Waals surface area contributed by atoms with Crippen molar-refractivity contribution in [3.05, 3.63) is 115 Å². The third-order valence-electron chi connectivity index (χ3n) is 6.97. The largest absolute Gasteiger partial charge is 0.506 e. The predicted molar refractivity (Wildman–Crippen MR) is 170 cm³/mol. The lowest BCUT2D eigenvalue weighted by Crippen LogP contribution is -1.98. The standard InChI is InChI=1S/C33H25N5O5S/c1-20-16-30(31(39)19-29(20)37-35-25-12-10-21-6-5-9-32(27(21)18-25)44(41,42)43)38-36-28-15-11-22-17-24(13-14-26(22)33(28)40)34-23-7-3-2-4-8-23/h2-19,34,39-40H,1H3,(H,41,42,43). The van der Waals surface area contributed by atoms with E-state index in [4.69, 9.17) is 0 Å². The van der Waals surface area contributed by atoms with Gasteiger partial charge in [0, 0.05) is 28.2 Å². The molecular weight excluding hydrogens is 578 g/mol. The van der Waals surface area contributed by atoms with Crippen LogP contribution in [0.15, 0.2) is 135 Å². The first kappa shape index (κ1) is 28.5. The maximum Gasteiger partial charge on any atom is 0.295 e. The van der Waals surface area contributed by atoms with Crippen LogP contribution in [-0.2, 0) is 10.1 Å². The van der Waals surface area contributed by atoms with E-state index in [-0.39, 0.29) is 27.8 Å². The summed E-state index contributed by atoms with van der Waals surface area (Å²) in [7, 11) is -4.43. The van der Waals surface area contributed by atoms with Crippen LogP contribution in [0.4, 0.5) is 34.1 Å². The van der Waals surface area contributed by atoms with Crippen molar-refractivity contribution in [1.29, 1.82) is 0 Å². The van der Waals surface area contributed by atoms with E-state index in [0.29, 0.717) is 33.1 Å². The maximum atomic E-state index is 11.8. The summed E-state index contributed by atoms with van der Waals surface area (Å²) in [6, 6.07) is 31.2. The molecule has 10 nitrogen and oxygen atoms in total. The van der Waals surface area contributed by atoms with E-state index in [1.165, 1.54) is 18.2 Å². The van der Waals surface area contributed by atoms with Gasteiger partial charge in [-0.3, -0.25) is 4.55 Å². The number of aryl methyl sites for hydroxylation is 1. The fourth-order valence-electron chi connectivity index (χ4n) is 4.74. The van der Waals surface area contributed by atoms with Crippen LogP contribution in [0.25, 0.3) is 21.5 Å². The van der Waals surface area contributed by atoms with Gasteiger partial charge in [0.25, 0.3) is 10.1 Å². The minimum atomic E-state index is -4.43. The van der Waals surface area contributed by atoms with Gasteiger partial charge in [0.1, 0.15) is 22.0 Å². The zero-order valence-electron chi connectivity index (χ0n) is 23.2. The highest BCUT2D eigenvalue weighted by Crippen LogP contribution is 2.40. The van der Waals surface area contributed by atoms with E-state index in [1.54, 1.807) is 49.4 Å². The SMILES string of the molecule is Cc1cc(N=Nc2ccc3cc(Nc4ccccc4)ccc3c2O)c(O)cc1N=Nc1ccc2cccc(S(=O)(=O)O)c2c1. The van der Waals surface area contributed by atoms with Crippen molar-refractivity contribution in [1.82, 2.24) is 0 Å². The minimum Gasteiger partial charge on any atom is -0.506 e. The monoisotopic (exact) mass is 603 g/mol. The number of nitrogens with one attached hydrogen (secondary N) is 1. The summed E-state index contributed by atoms with van der Waals surface area (Å²) in [4.78, 5) is -0.224. The Morgan fingerprint density at radius 1 is 0.614 bits per heavy atom. The van der Waals surface area contributed by atoms with Crippen LogP contribution < -0.4 is 5.32 Å². The van der Waals surface area contributed by atoms with Crippen LogP contribution in [0.5, 0.6) is 11.5 Å². The van der Waals surface area contributed by atoms with Crippen molar-refractivity contribution in [3.63, 3.8) is 0 Å². The quantitative estimate of drug-likeness (QED) is 0.105. The van der Waals surface area contributed by atoms with Crippen LogP contribution in [-0.4, -0.2) is 23.2 Å². The molecule has 0 aliphatic heterocycles. The highest BCUT2D eigenvalue weighted by Gasteiger charge is 2.14. The van der Waals surface area contributed by atoms with Gasteiger partial charge >= 0.3 is 0 Å². The Morgan fingerprint density at radius 3 is 2.16 bits per heavy atom. The molecule has 0 spiro atoms. The van der Waals surface area contributed by atoms with Gasteiger partial charge in [0.2, 0.25) is 0 Å². The van der Waals surface area contributed by atoms with Gasteiger partial charge in [0.15, 0.2) is 5.75 Å². The molecule has 6 rings (SSSR count). The second kappa shape index (κ2) is 11.6. The molecule has 0 bridgehead atoms. The van der Waals surface area contributed by atoms with Crippen molar-refractivity contribution in [2.45, 2.75) is 11.8 Å². The highest BCUT2D eigenvalue weighted by atomic mass is 32.2. The highest BCUT2D eigenvalue weighted by molar-refractivity contribution is 7.86. The van der Waals surface area contributed by atoms with Crippen LogP contribution in [0.3, 0.4) is 0 Å². The van der Waals surface area contributed by atoms with Crippen molar-refractivity contribution in [2.75, 3.05) is 5.32 Å². The number of hydrogen-bond donors (Lipinski definition) is 4. The van der Waals surface area contributed by atoms with E-state index >= 15 is 0 Å². The van der Waals surface area contributed by atoms with E-state index in [0.717, 1.165) is 16.8 Å². The Hall–Kier alpha value is -5.65. The van der Waals surface area contributed by atoms with Crippen LogP contribution in [0.2, 0.25) is 0 Å². The summed E-state index contributed by atoms with van der Waals surface area (Å²) in [5, 5.41) is 43.9. The van der Waals surface area contributed by atoms with Crippen LogP contribution >= 0.6 is 0 Å². The Bertz CT molecular complexity index is 2220. The molecule has 6 aromatic carbocycles. The molecule has 0 aliphatic rings. The Morgan fingerprint density at radius 2 is 1.36 bits per heavy atom. The zero-order chi connectivity index (χ0) is 30.8. The Balaban J connectivity index is 1.23. The first-order chi connectivity index (χ1) is 21.2. The molecule has 0 amide bonds. The van der Waals surface area contributed by atoms with E-state index < -0.39 is 10.1 Å². The zero-order valence-corrected chi connectivity index (χ0v) is 24.1. The second-order valence-corrected chi connectivity index (χ2v) is 11.4. The number of hydrogen-bond acceptors (Lipinski definition) is 9. The number of anilines is 2. The average molecular weight is 604 g/mol. The molecular formula is C33H25N5O5S. The summed E-state index contributed by atoms with van der Waals surface area (Å²) < 4.78 is 33.1. The average Bonchev–Trinajstić information content (AvgIpc) is 3.01. The van der Waals surface area contributed by atoms with Crippen molar-refractivity contribution in [3.8, 4) is 11.5 Å². The molecule has 0 heterocycles. The van der Waals surface area contributed by atoms with Gasteiger partial charge < -0.3 is 15.5 Å². The van der Waals surface area contributed by atoms with E-state index in [1.807, 2.05) is 48.5 Å². The summed E-state index contributed by atoms with van der Waals surface area (Å²) >= 11 is 0. The smallest absolute Gasteiger partial charge is 0.295 e. The van der Waals surface area contributed by atoms with E-state index in [2.05, 4.69) is 25.8 Å². The lowest BCUT2D eigenvalue weighted by molar-refractivity contribution is 0.475. The molecule has 0 unspecified atom stereocenters. The first-order valence-corrected chi connectivity index (χ1v) is 14.8. The second-order valence-electron chi connectivity index (χ2n) is 10.0. The number of azo groups is 2. The van der Waals surface area contributed by atoms with Crippen molar-refractivity contribution in [2.24, 2.45) is 20.5 Å². The summed E-state index contributed by atoms with van der Waals surface area (Å²) in [6.07, 6.45) is 0. The normalized spacial score (nSPS) is 12.0. The molecule has 218 valence electrons. The molecule has 0 saturated heterocycles. The minimum absolute atomic E-state index is 0.0355. The van der Waals surface area contributed by atoms with Gasteiger partial charge in [-0.1, -0.05) is 42.5 Å². The molecule has 0 aromatic heterocycles. The molecule has 0 radical (unpaired) electrons. The van der Waals surface area contributed by atoms with Gasteiger partial charge in [-0.05, 0) is 83.9 Å². The summed E-state index contributed by atoms with van der Waals surface area (Å²) in [6.45, 7) is 1.76. The third-order valence-corrected chi connectivity index (χ3v) is 7.88. The number of rotatable bonds is 7. The molecule has 11 heteroatoms. The molecule has 6 aromatic rings. The van der Waals surface area contributed by atoms with Crippen LogP contribution in [0.1, 0.15) is 5.56 Å². The molecule has 4 N–H and O–H groups in total. The topological polar surface area (TPSA) is 156 Å². The Kier molecular flexibility index (Phi) is 7.48. The van der Waals surface area contributed by atoms with Crippen molar-refractivity contribution >= 4 is 65.8 Å². The van der Waals surface area contributed by atoms with Crippen LogP contribution in [0, 0.1) is 6.92 Å². The number of aromatic hydroxyl groups is 2. The predicted octanol–water partition coefficient (Wildman–Crippen LogP) is 9.53. The molecule has 0 atom stereocenters. The number of phenolic OH excluding ortho intramolecular Hbond substituents is 2. The summed E-state index contributed by atoms with van der Waals surface area (Å²) in [5.41, 5.74) is 3.59. The van der Waals surface area contributed by atoms with Gasteiger partial charge in [-0.15, -0.1) is 10.2 Å². The fraction of sp³-hybridized carbons (Fsp3) is 0.0303. The molecule has 0 saturated carbocycles. The van der Waals surface area contributed by atoms with E-state index in [9.17, 15) is 23.2 Å². The lowest BCUT2D eigenvalue weighted by atomic mass is 10.1.